The third-order valence-electron chi connectivity index (χ3n) is 5.36. The zero-order valence-corrected chi connectivity index (χ0v) is 18.4. The van der Waals surface area contributed by atoms with Gasteiger partial charge in [-0.2, -0.15) is 74.6 Å². The van der Waals surface area contributed by atoms with E-state index in [4.69, 9.17) is 0 Å². The molecule has 220 valence electrons. The predicted octanol–water partition coefficient (Wildman–Crippen LogP) is 8.15. The number of benzene rings is 1. The molecule has 1 unspecified atom stereocenters. The molecule has 0 aliphatic heterocycles. The first kappa shape index (κ1) is 33.5. The van der Waals surface area contributed by atoms with E-state index in [0.717, 1.165) is 29.6 Å². The minimum Gasteiger partial charge on any atom is -0.321 e. The van der Waals surface area contributed by atoms with E-state index in [1.165, 1.54) is 0 Å². The van der Waals surface area contributed by atoms with Gasteiger partial charge in [-0.15, -0.1) is 0 Å². The van der Waals surface area contributed by atoms with E-state index >= 15 is 0 Å². The summed E-state index contributed by atoms with van der Waals surface area (Å²) in [5, 5.41) is 0.858. The molecule has 0 saturated heterocycles. The summed E-state index contributed by atoms with van der Waals surface area (Å²) >= 11 is 0. The lowest BCUT2D eigenvalue weighted by atomic mass is 9.88. The molecule has 38 heavy (non-hydrogen) atoms. The molecule has 1 aromatic carbocycles. The Kier molecular flexibility index (Phi) is 8.47. The van der Waals surface area contributed by atoms with Crippen molar-refractivity contribution in [2.24, 2.45) is 0 Å². The molecular weight excluding hydrogens is 581 g/mol. The lowest BCUT2D eigenvalue weighted by Gasteiger charge is -2.42. The maximum atomic E-state index is 13.9. The van der Waals surface area contributed by atoms with Crippen molar-refractivity contribution in [3.63, 3.8) is 0 Å². The predicted molar refractivity (Wildman–Crippen MR) is 94.5 cm³/mol. The third kappa shape index (κ3) is 4.73. The summed E-state index contributed by atoms with van der Waals surface area (Å²) in [7, 11) is 0. The van der Waals surface area contributed by atoms with Crippen LogP contribution >= 0.6 is 0 Å². The Hall–Kier alpha value is -2.50. The van der Waals surface area contributed by atoms with Gasteiger partial charge in [0.25, 0.3) is 0 Å². The summed E-state index contributed by atoms with van der Waals surface area (Å²) in [4.78, 5) is 11.5. The van der Waals surface area contributed by atoms with Crippen LogP contribution in [0.3, 0.4) is 0 Å². The number of hydrogen-bond donors (Lipinski definition) is 1. The SMILES string of the molecule is CCC(C)c1ccc(NC(=O)C(F)(F)C(F)(F)C(F)(F)C(F)(F)C(F)(F)C(F)(F)C(F)(F)C(F)(F)F)cc1. The van der Waals surface area contributed by atoms with Crippen LogP contribution in [0.1, 0.15) is 31.7 Å². The Morgan fingerprint density at radius 2 is 0.974 bits per heavy atom. The van der Waals surface area contributed by atoms with Gasteiger partial charge in [-0.25, -0.2) is 0 Å². The average molecular weight is 595 g/mol. The highest BCUT2D eigenvalue weighted by atomic mass is 19.4. The van der Waals surface area contributed by atoms with Gasteiger partial charge >= 0.3 is 53.5 Å². The number of amides is 1. The molecule has 1 aromatic rings. The quantitative estimate of drug-likeness (QED) is 0.272. The van der Waals surface area contributed by atoms with Crippen LogP contribution in [0.4, 0.5) is 80.3 Å². The van der Waals surface area contributed by atoms with E-state index in [1.54, 1.807) is 13.8 Å². The number of hydrogen-bond acceptors (Lipinski definition) is 1. The van der Waals surface area contributed by atoms with Crippen molar-refractivity contribution in [1.82, 2.24) is 0 Å². The van der Waals surface area contributed by atoms with Gasteiger partial charge in [-0.05, 0) is 30.0 Å². The molecule has 0 aliphatic carbocycles. The summed E-state index contributed by atoms with van der Waals surface area (Å²) in [6, 6.07) is 3.67. The molecule has 0 bridgehead atoms. The summed E-state index contributed by atoms with van der Waals surface area (Å²) in [5.74, 6) is -61.8. The van der Waals surface area contributed by atoms with Crippen molar-refractivity contribution >= 4 is 11.6 Å². The van der Waals surface area contributed by atoms with Gasteiger partial charge in [0.1, 0.15) is 0 Å². The molecule has 0 spiro atoms. The van der Waals surface area contributed by atoms with Crippen LogP contribution in [-0.4, -0.2) is 53.5 Å². The molecule has 19 heteroatoms. The normalized spacial score (nSPS) is 15.9. The first-order valence-electron chi connectivity index (χ1n) is 9.72. The van der Waals surface area contributed by atoms with Gasteiger partial charge in [-0.3, -0.25) is 4.79 Å². The van der Waals surface area contributed by atoms with E-state index < -0.39 is 59.2 Å². The second-order valence-electron chi connectivity index (χ2n) is 7.90. The molecule has 0 fully saturated rings. The van der Waals surface area contributed by atoms with Crippen LogP contribution in [0.5, 0.6) is 0 Å². The molecule has 0 radical (unpaired) electrons. The maximum Gasteiger partial charge on any atom is 0.460 e. The van der Waals surface area contributed by atoms with Crippen molar-refractivity contribution in [2.75, 3.05) is 5.32 Å². The molecule has 0 saturated carbocycles. The fourth-order valence-electron chi connectivity index (χ4n) is 2.65. The smallest absolute Gasteiger partial charge is 0.321 e. The van der Waals surface area contributed by atoms with E-state index in [-0.39, 0.29) is 5.92 Å². The Morgan fingerprint density at radius 3 is 1.32 bits per heavy atom. The first-order valence-corrected chi connectivity index (χ1v) is 9.72. The molecule has 0 aromatic heterocycles. The van der Waals surface area contributed by atoms with Gasteiger partial charge in [0.2, 0.25) is 0 Å². The summed E-state index contributed by atoms with van der Waals surface area (Å²) in [6.45, 7) is 3.34. The van der Waals surface area contributed by atoms with Crippen LogP contribution < -0.4 is 5.32 Å². The summed E-state index contributed by atoms with van der Waals surface area (Å²) < 4.78 is 225. The molecule has 1 amide bonds. The number of alkyl halides is 17. The maximum absolute atomic E-state index is 13.9. The number of anilines is 1. The Labute approximate surface area is 201 Å². The van der Waals surface area contributed by atoms with Gasteiger partial charge in [0.05, 0.1) is 0 Å². The highest BCUT2D eigenvalue weighted by Gasteiger charge is 2.95. The molecule has 2 nitrogen and oxygen atoms in total. The second-order valence-corrected chi connectivity index (χ2v) is 7.90. The average Bonchev–Trinajstić information content (AvgIpc) is 2.77. The Morgan fingerprint density at radius 1 is 0.632 bits per heavy atom. The van der Waals surface area contributed by atoms with Crippen molar-refractivity contribution in [3.05, 3.63) is 29.8 Å². The minimum absolute atomic E-state index is 0.184. The van der Waals surface area contributed by atoms with Crippen LogP contribution in [0.15, 0.2) is 24.3 Å². The monoisotopic (exact) mass is 595 g/mol. The van der Waals surface area contributed by atoms with Gasteiger partial charge in [-0.1, -0.05) is 26.0 Å². The van der Waals surface area contributed by atoms with E-state index in [2.05, 4.69) is 0 Å². The number of halogens is 17. The van der Waals surface area contributed by atoms with Crippen molar-refractivity contribution in [1.29, 1.82) is 0 Å². The Bertz CT molecular complexity index is 998. The topological polar surface area (TPSA) is 29.1 Å². The lowest BCUT2D eigenvalue weighted by molar-refractivity contribution is -0.459. The molecule has 1 rings (SSSR count). The first-order chi connectivity index (χ1) is 16.6. The summed E-state index contributed by atoms with van der Waals surface area (Å²) in [5.41, 5.74) is -0.401. The van der Waals surface area contributed by atoms with Gasteiger partial charge in [0.15, 0.2) is 0 Å². The van der Waals surface area contributed by atoms with Crippen molar-refractivity contribution < 1.29 is 79.4 Å². The number of nitrogens with one attached hydrogen (secondary N) is 1. The fraction of sp³-hybridized carbons (Fsp3) is 0.632. The van der Waals surface area contributed by atoms with Gasteiger partial charge in [0, 0.05) is 5.69 Å². The molecular formula is C19H14F17NO. The van der Waals surface area contributed by atoms with Crippen LogP contribution in [0.2, 0.25) is 0 Å². The highest BCUT2D eigenvalue weighted by molar-refractivity contribution is 5.97. The molecule has 0 aliphatic rings. The largest absolute Gasteiger partial charge is 0.460 e. The van der Waals surface area contributed by atoms with Crippen molar-refractivity contribution in [2.45, 2.75) is 73.8 Å². The molecule has 0 heterocycles. The van der Waals surface area contributed by atoms with Crippen LogP contribution in [0, 0.1) is 0 Å². The zero-order valence-electron chi connectivity index (χ0n) is 18.4. The highest BCUT2D eigenvalue weighted by Crippen LogP contribution is 2.64. The molecule has 1 N–H and O–H groups in total. The summed E-state index contributed by atoms with van der Waals surface area (Å²) in [6.07, 6.45) is -7.32. The number of carbonyl (C=O) groups excluding carboxylic acids is 1. The third-order valence-corrected chi connectivity index (χ3v) is 5.36. The zero-order chi connectivity index (χ0) is 30.6. The van der Waals surface area contributed by atoms with E-state index in [1.807, 2.05) is 0 Å². The Balaban J connectivity index is 3.49. The molecule has 1 atom stereocenters. The fourth-order valence-corrected chi connectivity index (χ4v) is 2.65. The number of rotatable bonds is 10. The second kappa shape index (κ2) is 9.60. The minimum atomic E-state index is -8.75. The van der Waals surface area contributed by atoms with Crippen molar-refractivity contribution in [3.8, 4) is 0 Å². The van der Waals surface area contributed by atoms with Gasteiger partial charge < -0.3 is 5.32 Å². The standard InChI is InChI=1S/C19H14F17NO/c1-3-8(2)9-4-6-10(7-5-9)37-11(38)12(20,21)13(22,23)14(24,25)15(26,27)16(28,29)17(30,31)18(32,33)19(34,35)36/h4-8H,3H2,1-2H3,(H,37,38). The van der Waals surface area contributed by atoms with Crippen LogP contribution in [-0.2, 0) is 4.79 Å². The van der Waals surface area contributed by atoms with E-state index in [0.29, 0.717) is 12.0 Å². The lowest BCUT2D eigenvalue weighted by Crippen LogP contribution is -2.75. The van der Waals surface area contributed by atoms with Crippen LogP contribution in [0.25, 0.3) is 0 Å². The van der Waals surface area contributed by atoms with E-state index in [9.17, 15) is 79.4 Å². The number of carbonyl (C=O) groups is 1.